The highest BCUT2D eigenvalue weighted by Crippen LogP contribution is 2.37. The summed E-state index contributed by atoms with van der Waals surface area (Å²) in [5.74, 6) is 0.204. The van der Waals surface area contributed by atoms with Gasteiger partial charge in [-0.3, -0.25) is 10.1 Å². The Hall–Kier alpha value is -1.06. The Balaban J connectivity index is 2.24. The lowest BCUT2D eigenvalue weighted by Crippen LogP contribution is -2.51. The van der Waals surface area contributed by atoms with Gasteiger partial charge in [0.1, 0.15) is 5.54 Å². The number of hydrogen-bond acceptors (Lipinski definition) is 2. The van der Waals surface area contributed by atoms with Crippen LogP contribution in [0.15, 0.2) is 0 Å². The van der Waals surface area contributed by atoms with Crippen molar-refractivity contribution < 1.29 is 9.59 Å². The molecule has 1 atom stereocenters. The van der Waals surface area contributed by atoms with Crippen LogP contribution in [0.3, 0.4) is 0 Å². The van der Waals surface area contributed by atoms with Gasteiger partial charge in [-0.15, -0.1) is 0 Å². The summed E-state index contributed by atoms with van der Waals surface area (Å²) in [5.41, 5.74) is -0.604. The minimum Gasteiger partial charge on any atom is -0.323 e. The molecule has 0 aromatic rings. The van der Waals surface area contributed by atoms with Gasteiger partial charge in [0.2, 0.25) is 0 Å². The fraction of sp³-hybridized carbons (Fsp3) is 0.800. The van der Waals surface area contributed by atoms with Crippen LogP contribution < -0.4 is 10.6 Å². The lowest BCUT2D eigenvalue weighted by molar-refractivity contribution is -0.126. The van der Waals surface area contributed by atoms with Gasteiger partial charge in [-0.1, -0.05) is 19.8 Å². The molecule has 2 aliphatic rings. The first-order valence-electron chi connectivity index (χ1n) is 5.32. The molecular weight excluding hydrogens is 180 g/mol. The Morgan fingerprint density at radius 2 is 2.00 bits per heavy atom. The molecule has 0 aromatic heterocycles. The number of carbonyl (C=O) groups is 2. The molecule has 1 aliphatic heterocycles. The van der Waals surface area contributed by atoms with Gasteiger partial charge in [0.05, 0.1) is 0 Å². The summed E-state index contributed by atoms with van der Waals surface area (Å²) in [6.07, 6.45) is 5.16. The number of urea groups is 1. The van der Waals surface area contributed by atoms with Crippen LogP contribution in [0.25, 0.3) is 0 Å². The van der Waals surface area contributed by atoms with E-state index >= 15 is 0 Å². The second-order valence-electron chi connectivity index (χ2n) is 4.21. The molecule has 1 unspecified atom stereocenters. The van der Waals surface area contributed by atoms with Crippen molar-refractivity contribution in [2.75, 3.05) is 0 Å². The van der Waals surface area contributed by atoms with Crippen molar-refractivity contribution in [1.82, 2.24) is 10.6 Å². The van der Waals surface area contributed by atoms with E-state index < -0.39 is 5.54 Å². The van der Waals surface area contributed by atoms with Crippen LogP contribution in [-0.4, -0.2) is 17.5 Å². The smallest absolute Gasteiger partial charge is 0.322 e. The van der Waals surface area contributed by atoms with Crippen molar-refractivity contribution in [3.8, 4) is 0 Å². The maximum absolute atomic E-state index is 11.7. The minimum atomic E-state index is -0.604. The first-order valence-corrected chi connectivity index (χ1v) is 5.32. The summed E-state index contributed by atoms with van der Waals surface area (Å²) >= 11 is 0. The normalized spacial score (nSPS) is 33.2. The molecule has 14 heavy (non-hydrogen) atoms. The summed E-state index contributed by atoms with van der Waals surface area (Å²) < 4.78 is 0. The van der Waals surface area contributed by atoms with Gasteiger partial charge >= 0.3 is 6.03 Å². The molecular formula is C10H16N2O2. The first kappa shape index (κ1) is 9.49. The van der Waals surface area contributed by atoms with E-state index in [-0.39, 0.29) is 11.9 Å². The van der Waals surface area contributed by atoms with E-state index in [4.69, 9.17) is 0 Å². The SMILES string of the molecule is CCC1(C2CCCC2)NC(=O)NC1=O. The van der Waals surface area contributed by atoms with Gasteiger partial charge < -0.3 is 5.32 Å². The molecule has 2 rings (SSSR count). The number of nitrogens with one attached hydrogen (secondary N) is 2. The van der Waals surface area contributed by atoms with Gasteiger partial charge in [-0.05, 0) is 25.2 Å². The number of hydrogen-bond donors (Lipinski definition) is 2. The van der Waals surface area contributed by atoms with Crippen LogP contribution >= 0.6 is 0 Å². The Morgan fingerprint density at radius 3 is 2.43 bits per heavy atom. The predicted molar refractivity (Wildman–Crippen MR) is 51.7 cm³/mol. The van der Waals surface area contributed by atoms with Crippen LogP contribution in [-0.2, 0) is 4.79 Å². The molecule has 0 spiro atoms. The van der Waals surface area contributed by atoms with Crippen molar-refractivity contribution in [3.63, 3.8) is 0 Å². The van der Waals surface area contributed by atoms with Crippen LogP contribution in [0.4, 0.5) is 4.79 Å². The summed E-state index contributed by atoms with van der Waals surface area (Å²) in [6, 6.07) is -0.330. The second kappa shape index (κ2) is 3.26. The summed E-state index contributed by atoms with van der Waals surface area (Å²) in [7, 11) is 0. The summed E-state index contributed by atoms with van der Waals surface area (Å²) in [5, 5.41) is 5.16. The molecule has 0 radical (unpaired) electrons. The fourth-order valence-electron chi connectivity index (χ4n) is 2.75. The number of carbonyl (C=O) groups excluding carboxylic acids is 2. The molecule has 2 fully saturated rings. The van der Waals surface area contributed by atoms with E-state index in [0.29, 0.717) is 12.3 Å². The Bertz CT molecular complexity index is 271. The molecule has 2 N–H and O–H groups in total. The average Bonchev–Trinajstić information content (AvgIpc) is 2.73. The van der Waals surface area contributed by atoms with Crippen LogP contribution in [0.2, 0.25) is 0 Å². The van der Waals surface area contributed by atoms with Crippen molar-refractivity contribution >= 4 is 11.9 Å². The third-order valence-corrected chi connectivity index (χ3v) is 3.58. The third kappa shape index (κ3) is 1.21. The van der Waals surface area contributed by atoms with Gasteiger partial charge in [0.15, 0.2) is 0 Å². The van der Waals surface area contributed by atoms with E-state index in [1.54, 1.807) is 0 Å². The highest BCUT2D eigenvalue weighted by molar-refractivity contribution is 6.07. The highest BCUT2D eigenvalue weighted by Gasteiger charge is 2.50. The van der Waals surface area contributed by atoms with Gasteiger partial charge in [-0.25, -0.2) is 4.79 Å². The summed E-state index contributed by atoms with van der Waals surface area (Å²) in [4.78, 5) is 22.9. The largest absolute Gasteiger partial charge is 0.323 e. The summed E-state index contributed by atoms with van der Waals surface area (Å²) in [6.45, 7) is 1.96. The molecule has 1 saturated carbocycles. The van der Waals surface area contributed by atoms with E-state index in [1.807, 2.05) is 6.92 Å². The Labute approximate surface area is 83.4 Å². The van der Waals surface area contributed by atoms with Gasteiger partial charge in [-0.2, -0.15) is 0 Å². The molecule has 0 aromatic carbocycles. The number of imide groups is 1. The van der Waals surface area contributed by atoms with Crippen molar-refractivity contribution in [1.29, 1.82) is 0 Å². The third-order valence-electron chi connectivity index (χ3n) is 3.58. The molecule has 1 aliphatic carbocycles. The monoisotopic (exact) mass is 196 g/mol. The van der Waals surface area contributed by atoms with E-state index in [9.17, 15) is 9.59 Å². The average molecular weight is 196 g/mol. The Kier molecular flexibility index (Phi) is 2.21. The van der Waals surface area contributed by atoms with Crippen LogP contribution in [0.1, 0.15) is 39.0 Å². The first-order chi connectivity index (χ1) is 6.69. The zero-order valence-electron chi connectivity index (χ0n) is 8.43. The lowest BCUT2D eigenvalue weighted by Gasteiger charge is -2.30. The maximum Gasteiger partial charge on any atom is 0.322 e. The van der Waals surface area contributed by atoms with E-state index in [1.165, 1.54) is 12.8 Å². The van der Waals surface area contributed by atoms with Crippen molar-refractivity contribution in [2.24, 2.45) is 5.92 Å². The van der Waals surface area contributed by atoms with Crippen molar-refractivity contribution in [2.45, 2.75) is 44.6 Å². The van der Waals surface area contributed by atoms with E-state index in [2.05, 4.69) is 10.6 Å². The zero-order valence-corrected chi connectivity index (χ0v) is 8.43. The number of rotatable bonds is 2. The fourth-order valence-corrected chi connectivity index (χ4v) is 2.75. The highest BCUT2D eigenvalue weighted by atomic mass is 16.2. The maximum atomic E-state index is 11.7. The zero-order chi connectivity index (χ0) is 10.2. The van der Waals surface area contributed by atoms with Gasteiger partial charge in [0, 0.05) is 0 Å². The predicted octanol–water partition coefficient (Wildman–Crippen LogP) is 1.16. The molecule has 78 valence electrons. The molecule has 1 heterocycles. The standard InChI is InChI=1S/C10H16N2O2/c1-2-10(7-5-3-4-6-7)8(13)11-9(14)12-10/h7H,2-6H2,1H3,(H2,11,12,13,14). The topological polar surface area (TPSA) is 58.2 Å². The van der Waals surface area contributed by atoms with E-state index in [0.717, 1.165) is 12.8 Å². The molecule has 0 bridgehead atoms. The van der Waals surface area contributed by atoms with Crippen LogP contribution in [0, 0.1) is 5.92 Å². The number of amides is 3. The molecule has 1 saturated heterocycles. The minimum absolute atomic E-state index is 0.128. The molecule has 4 heteroatoms. The van der Waals surface area contributed by atoms with Crippen LogP contribution in [0.5, 0.6) is 0 Å². The van der Waals surface area contributed by atoms with Crippen molar-refractivity contribution in [3.05, 3.63) is 0 Å². The molecule has 3 amide bonds. The quantitative estimate of drug-likeness (QED) is 0.651. The van der Waals surface area contributed by atoms with Gasteiger partial charge in [0.25, 0.3) is 5.91 Å². The Morgan fingerprint density at radius 1 is 1.36 bits per heavy atom. The lowest BCUT2D eigenvalue weighted by atomic mass is 9.80. The second-order valence-corrected chi connectivity index (χ2v) is 4.21. The molecule has 4 nitrogen and oxygen atoms in total.